The number of H-pyrrole nitrogens is 1. The van der Waals surface area contributed by atoms with Crippen LogP contribution in [0.4, 0.5) is 0 Å². The van der Waals surface area contributed by atoms with E-state index in [9.17, 15) is 0 Å². The van der Waals surface area contributed by atoms with Gasteiger partial charge in [0, 0.05) is 32.6 Å². The number of nitrogens with one attached hydrogen (secondary N) is 1. The first-order chi connectivity index (χ1) is 11.2. The van der Waals surface area contributed by atoms with Crippen molar-refractivity contribution in [2.75, 3.05) is 20.8 Å². The molecule has 23 heavy (non-hydrogen) atoms. The van der Waals surface area contributed by atoms with E-state index in [1.165, 1.54) is 0 Å². The molecule has 0 bridgehead atoms. The lowest BCUT2D eigenvalue weighted by Crippen LogP contribution is -2.25. The van der Waals surface area contributed by atoms with Crippen LogP contribution in [0, 0.1) is 11.3 Å². The van der Waals surface area contributed by atoms with Crippen molar-refractivity contribution in [3.05, 3.63) is 47.5 Å². The molecule has 1 fully saturated rings. The largest absolute Gasteiger partial charge is 0.495 e. The minimum absolute atomic E-state index is 0.199. The molecule has 2 atom stereocenters. The van der Waals surface area contributed by atoms with E-state index >= 15 is 0 Å². The fourth-order valence-corrected chi connectivity index (χ4v) is 3.11. The van der Waals surface area contributed by atoms with Gasteiger partial charge in [-0.1, -0.05) is 6.07 Å². The SMILES string of the molecule is COc1cc(CN2C[C@H](OC)CC2c2ncc[nH]2)ccc1C#N. The quantitative estimate of drug-likeness (QED) is 0.916. The fraction of sp³-hybridized carbons (Fsp3) is 0.412. The van der Waals surface area contributed by atoms with Crippen LogP contribution in [0.2, 0.25) is 0 Å². The van der Waals surface area contributed by atoms with Gasteiger partial charge in [-0.3, -0.25) is 4.90 Å². The molecule has 1 aliphatic rings. The predicted octanol–water partition coefficient (Wildman–Crippen LogP) is 2.25. The van der Waals surface area contributed by atoms with Gasteiger partial charge in [-0.15, -0.1) is 0 Å². The number of nitrogens with zero attached hydrogens (tertiary/aromatic N) is 3. The predicted molar refractivity (Wildman–Crippen MR) is 84.9 cm³/mol. The summed E-state index contributed by atoms with van der Waals surface area (Å²) in [5.74, 6) is 1.58. The van der Waals surface area contributed by atoms with E-state index in [0.29, 0.717) is 11.3 Å². The Morgan fingerprint density at radius 3 is 2.96 bits per heavy atom. The molecule has 1 N–H and O–H groups in total. The van der Waals surface area contributed by atoms with Gasteiger partial charge in [0.25, 0.3) is 0 Å². The van der Waals surface area contributed by atoms with Gasteiger partial charge in [-0.2, -0.15) is 5.26 Å². The minimum Gasteiger partial charge on any atom is -0.495 e. The van der Waals surface area contributed by atoms with Crippen molar-refractivity contribution in [1.82, 2.24) is 14.9 Å². The Morgan fingerprint density at radius 2 is 2.30 bits per heavy atom. The fourth-order valence-electron chi connectivity index (χ4n) is 3.11. The van der Waals surface area contributed by atoms with Crippen LogP contribution in [0.3, 0.4) is 0 Å². The van der Waals surface area contributed by atoms with Gasteiger partial charge in [0.15, 0.2) is 0 Å². The second kappa shape index (κ2) is 6.82. The Hall–Kier alpha value is -2.36. The highest BCUT2D eigenvalue weighted by molar-refractivity contribution is 5.45. The smallest absolute Gasteiger partial charge is 0.136 e. The number of ether oxygens (including phenoxy) is 2. The zero-order chi connectivity index (χ0) is 16.2. The normalized spacial score (nSPS) is 21.3. The maximum Gasteiger partial charge on any atom is 0.136 e. The molecule has 3 rings (SSSR count). The molecule has 6 nitrogen and oxygen atoms in total. The summed E-state index contributed by atoms with van der Waals surface area (Å²) in [7, 11) is 3.33. The number of likely N-dealkylation sites (tertiary alicyclic amines) is 1. The number of methoxy groups -OCH3 is 2. The van der Waals surface area contributed by atoms with Gasteiger partial charge in [0.05, 0.1) is 24.8 Å². The average molecular weight is 312 g/mol. The third-order valence-corrected chi connectivity index (χ3v) is 4.31. The van der Waals surface area contributed by atoms with Crippen molar-refractivity contribution >= 4 is 0 Å². The summed E-state index contributed by atoms with van der Waals surface area (Å²) in [4.78, 5) is 9.94. The molecule has 120 valence electrons. The number of hydrogen-bond donors (Lipinski definition) is 1. The molecule has 1 unspecified atom stereocenters. The summed E-state index contributed by atoms with van der Waals surface area (Å²) < 4.78 is 10.8. The van der Waals surface area contributed by atoms with Crippen molar-refractivity contribution in [1.29, 1.82) is 5.26 Å². The van der Waals surface area contributed by atoms with Gasteiger partial charge in [-0.25, -0.2) is 4.98 Å². The molecule has 1 aliphatic heterocycles. The summed E-state index contributed by atoms with van der Waals surface area (Å²) in [5.41, 5.74) is 1.66. The number of aromatic amines is 1. The molecule has 6 heteroatoms. The maximum atomic E-state index is 9.09. The molecular weight excluding hydrogens is 292 g/mol. The van der Waals surface area contributed by atoms with Gasteiger partial charge in [-0.05, 0) is 24.1 Å². The summed E-state index contributed by atoms with van der Waals surface area (Å²) in [6.07, 6.45) is 4.74. The summed E-state index contributed by atoms with van der Waals surface area (Å²) >= 11 is 0. The second-order valence-electron chi connectivity index (χ2n) is 5.66. The van der Waals surface area contributed by atoms with Crippen molar-refractivity contribution in [3.63, 3.8) is 0 Å². The summed E-state index contributed by atoms with van der Waals surface area (Å²) in [6.45, 7) is 1.61. The molecule has 2 heterocycles. The van der Waals surface area contributed by atoms with Crippen LogP contribution in [0.5, 0.6) is 5.75 Å². The first-order valence-corrected chi connectivity index (χ1v) is 7.58. The lowest BCUT2D eigenvalue weighted by atomic mass is 10.1. The lowest BCUT2D eigenvalue weighted by Gasteiger charge is -2.22. The number of rotatable bonds is 5. The Labute approximate surface area is 135 Å². The number of imidazole rings is 1. The second-order valence-corrected chi connectivity index (χ2v) is 5.66. The number of hydrogen-bond acceptors (Lipinski definition) is 5. The highest BCUT2D eigenvalue weighted by atomic mass is 16.5. The molecule has 0 aliphatic carbocycles. The number of benzene rings is 1. The van der Waals surface area contributed by atoms with E-state index in [1.54, 1.807) is 26.5 Å². The molecule has 1 aromatic carbocycles. The van der Waals surface area contributed by atoms with E-state index in [2.05, 4.69) is 20.9 Å². The van der Waals surface area contributed by atoms with Gasteiger partial charge in [0.2, 0.25) is 0 Å². The van der Waals surface area contributed by atoms with Crippen LogP contribution in [0.15, 0.2) is 30.6 Å². The van der Waals surface area contributed by atoms with Crippen LogP contribution in [0.25, 0.3) is 0 Å². The molecule has 2 aromatic rings. The van der Waals surface area contributed by atoms with Crippen molar-refractivity contribution < 1.29 is 9.47 Å². The maximum absolute atomic E-state index is 9.09. The Morgan fingerprint density at radius 1 is 1.43 bits per heavy atom. The van der Waals surface area contributed by atoms with E-state index in [1.807, 2.05) is 18.3 Å². The highest BCUT2D eigenvalue weighted by Gasteiger charge is 2.34. The van der Waals surface area contributed by atoms with Crippen LogP contribution in [-0.2, 0) is 11.3 Å². The van der Waals surface area contributed by atoms with Crippen LogP contribution in [0.1, 0.15) is 29.4 Å². The van der Waals surface area contributed by atoms with E-state index < -0.39 is 0 Å². The molecule has 0 radical (unpaired) electrons. The molecule has 0 saturated carbocycles. The zero-order valence-corrected chi connectivity index (χ0v) is 13.3. The third-order valence-electron chi connectivity index (χ3n) is 4.31. The minimum atomic E-state index is 0.199. The Balaban J connectivity index is 1.81. The number of aromatic nitrogens is 2. The van der Waals surface area contributed by atoms with Crippen molar-refractivity contribution in [2.24, 2.45) is 0 Å². The molecular formula is C17H20N4O2. The van der Waals surface area contributed by atoms with Crippen LogP contribution in [-0.4, -0.2) is 41.7 Å². The summed E-state index contributed by atoms with van der Waals surface area (Å²) in [6, 6.07) is 8.05. The number of nitriles is 1. The molecule has 0 amide bonds. The zero-order valence-electron chi connectivity index (χ0n) is 13.3. The molecule has 0 spiro atoms. The Bertz CT molecular complexity index is 693. The standard InChI is InChI=1S/C17H20N4O2/c1-22-14-8-15(17-19-5-6-20-17)21(11-14)10-12-3-4-13(9-18)16(7-12)23-2/h3-7,14-15H,8,10-11H2,1-2H3,(H,19,20)/t14-,15?/m1/s1. The topological polar surface area (TPSA) is 74.2 Å². The van der Waals surface area contributed by atoms with Crippen molar-refractivity contribution in [2.45, 2.75) is 25.1 Å². The van der Waals surface area contributed by atoms with Gasteiger partial charge in [0.1, 0.15) is 17.6 Å². The molecule has 1 saturated heterocycles. The van der Waals surface area contributed by atoms with E-state index in [0.717, 1.165) is 30.9 Å². The Kier molecular flexibility index (Phi) is 4.60. The third kappa shape index (κ3) is 3.21. The van der Waals surface area contributed by atoms with E-state index in [4.69, 9.17) is 14.7 Å². The average Bonchev–Trinajstić information content (AvgIpc) is 3.23. The van der Waals surface area contributed by atoms with Crippen LogP contribution >= 0.6 is 0 Å². The highest BCUT2D eigenvalue weighted by Crippen LogP contribution is 2.33. The van der Waals surface area contributed by atoms with Gasteiger partial charge >= 0.3 is 0 Å². The first-order valence-electron chi connectivity index (χ1n) is 7.58. The monoisotopic (exact) mass is 312 g/mol. The van der Waals surface area contributed by atoms with E-state index in [-0.39, 0.29) is 12.1 Å². The van der Waals surface area contributed by atoms with Gasteiger partial charge < -0.3 is 14.5 Å². The van der Waals surface area contributed by atoms with Crippen LogP contribution < -0.4 is 4.74 Å². The molecule has 1 aromatic heterocycles. The van der Waals surface area contributed by atoms with Crippen molar-refractivity contribution in [3.8, 4) is 11.8 Å². The first kappa shape index (κ1) is 15.5. The lowest BCUT2D eigenvalue weighted by molar-refractivity contribution is 0.107. The summed E-state index contributed by atoms with van der Waals surface area (Å²) in [5, 5.41) is 9.09.